The summed E-state index contributed by atoms with van der Waals surface area (Å²) in [6, 6.07) is 0.445. The van der Waals surface area contributed by atoms with Gasteiger partial charge in [0.2, 0.25) is 0 Å². The average molecular weight is 288 g/mol. The maximum atomic E-state index is 11.6. The normalized spacial score (nSPS) is 15.0. The molecule has 0 fully saturated rings. The van der Waals surface area contributed by atoms with Crippen LogP contribution in [-0.4, -0.2) is 43.5 Å². The van der Waals surface area contributed by atoms with Crippen LogP contribution in [-0.2, 0) is 9.47 Å². The van der Waals surface area contributed by atoms with Gasteiger partial charge >= 0.3 is 6.09 Å². The van der Waals surface area contributed by atoms with Crippen molar-refractivity contribution in [2.24, 2.45) is 5.92 Å². The Morgan fingerprint density at radius 3 is 2.25 bits per heavy atom. The standard InChI is InChI=1S/C15H32N2O3/c1-8-19-10-13(11(2)3)17-12(4)9-16-14(18)20-15(5,6)7/h11-13,17H,8-10H2,1-7H3,(H,16,18). The van der Waals surface area contributed by atoms with Crippen LogP contribution in [0, 0.1) is 5.92 Å². The van der Waals surface area contributed by atoms with Gasteiger partial charge in [-0.15, -0.1) is 0 Å². The van der Waals surface area contributed by atoms with Gasteiger partial charge in [0.05, 0.1) is 6.61 Å². The summed E-state index contributed by atoms with van der Waals surface area (Å²) in [4.78, 5) is 11.6. The van der Waals surface area contributed by atoms with Gasteiger partial charge in [-0.1, -0.05) is 13.8 Å². The Balaban J connectivity index is 4.07. The van der Waals surface area contributed by atoms with Crippen molar-refractivity contribution in [2.45, 2.75) is 66.2 Å². The van der Waals surface area contributed by atoms with Crippen molar-refractivity contribution < 1.29 is 14.3 Å². The van der Waals surface area contributed by atoms with Crippen LogP contribution in [0.4, 0.5) is 4.79 Å². The molecule has 1 amide bonds. The van der Waals surface area contributed by atoms with Crippen molar-refractivity contribution in [1.82, 2.24) is 10.6 Å². The van der Waals surface area contributed by atoms with E-state index in [0.29, 0.717) is 19.1 Å². The number of nitrogens with one attached hydrogen (secondary N) is 2. The molecule has 20 heavy (non-hydrogen) atoms. The number of hydrogen-bond donors (Lipinski definition) is 2. The summed E-state index contributed by atoms with van der Waals surface area (Å²) >= 11 is 0. The summed E-state index contributed by atoms with van der Waals surface area (Å²) in [5, 5.41) is 6.25. The van der Waals surface area contributed by atoms with Crippen LogP contribution in [0.3, 0.4) is 0 Å². The Morgan fingerprint density at radius 1 is 1.20 bits per heavy atom. The van der Waals surface area contributed by atoms with Gasteiger partial charge < -0.3 is 20.1 Å². The third-order valence-corrected chi connectivity index (χ3v) is 2.76. The highest BCUT2D eigenvalue weighted by Crippen LogP contribution is 2.07. The Bertz CT molecular complexity index is 275. The van der Waals surface area contributed by atoms with E-state index >= 15 is 0 Å². The zero-order valence-corrected chi connectivity index (χ0v) is 14.1. The SMILES string of the molecule is CCOCC(NC(C)CNC(=O)OC(C)(C)C)C(C)C. The minimum Gasteiger partial charge on any atom is -0.444 e. The van der Waals surface area contributed by atoms with Gasteiger partial charge in [0.25, 0.3) is 0 Å². The first-order chi connectivity index (χ1) is 9.15. The average Bonchev–Trinajstić information content (AvgIpc) is 2.29. The largest absolute Gasteiger partial charge is 0.444 e. The minimum atomic E-state index is -0.462. The highest BCUT2D eigenvalue weighted by Gasteiger charge is 2.18. The third kappa shape index (κ3) is 10.0. The third-order valence-electron chi connectivity index (χ3n) is 2.76. The smallest absolute Gasteiger partial charge is 0.407 e. The number of amides is 1. The number of carbonyl (C=O) groups excluding carboxylic acids is 1. The zero-order chi connectivity index (χ0) is 15.8. The Morgan fingerprint density at radius 2 is 1.80 bits per heavy atom. The van der Waals surface area contributed by atoms with Crippen molar-refractivity contribution in [2.75, 3.05) is 19.8 Å². The first-order valence-electron chi connectivity index (χ1n) is 7.46. The molecule has 2 N–H and O–H groups in total. The van der Waals surface area contributed by atoms with Crippen LogP contribution in [0.15, 0.2) is 0 Å². The number of rotatable bonds is 8. The molecule has 2 atom stereocenters. The van der Waals surface area contributed by atoms with Crippen molar-refractivity contribution in [3.63, 3.8) is 0 Å². The monoisotopic (exact) mass is 288 g/mol. The fraction of sp³-hybridized carbons (Fsp3) is 0.933. The van der Waals surface area contributed by atoms with E-state index in [1.54, 1.807) is 0 Å². The number of hydrogen-bond acceptors (Lipinski definition) is 4. The maximum Gasteiger partial charge on any atom is 0.407 e. The molecule has 5 nitrogen and oxygen atoms in total. The van der Waals surface area contributed by atoms with Gasteiger partial charge in [0.1, 0.15) is 5.60 Å². The highest BCUT2D eigenvalue weighted by atomic mass is 16.6. The van der Waals surface area contributed by atoms with E-state index in [9.17, 15) is 4.79 Å². The summed E-state index contributed by atoms with van der Waals surface area (Å²) in [6.45, 7) is 15.8. The van der Waals surface area contributed by atoms with E-state index in [4.69, 9.17) is 9.47 Å². The fourth-order valence-electron chi connectivity index (χ4n) is 1.65. The minimum absolute atomic E-state index is 0.162. The second kappa shape index (κ2) is 9.19. The molecule has 0 aromatic carbocycles. The highest BCUT2D eigenvalue weighted by molar-refractivity contribution is 5.67. The number of ether oxygens (including phenoxy) is 2. The molecular formula is C15H32N2O3. The molecule has 120 valence electrons. The number of carbonyl (C=O) groups is 1. The van der Waals surface area contributed by atoms with Gasteiger partial charge in [-0.2, -0.15) is 0 Å². The molecule has 0 aliphatic carbocycles. The zero-order valence-electron chi connectivity index (χ0n) is 14.1. The predicted molar refractivity (Wildman–Crippen MR) is 82.0 cm³/mol. The van der Waals surface area contributed by atoms with E-state index in [-0.39, 0.29) is 18.2 Å². The quantitative estimate of drug-likeness (QED) is 0.720. The summed E-state index contributed by atoms with van der Waals surface area (Å²) in [6.07, 6.45) is -0.378. The molecule has 0 aromatic rings. The molecule has 0 heterocycles. The van der Waals surface area contributed by atoms with Crippen molar-refractivity contribution in [1.29, 1.82) is 0 Å². The topological polar surface area (TPSA) is 59.6 Å². The van der Waals surface area contributed by atoms with Crippen LogP contribution in [0.1, 0.15) is 48.5 Å². The molecule has 0 saturated heterocycles. The molecule has 0 aliphatic rings. The van der Waals surface area contributed by atoms with Crippen LogP contribution < -0.4 is 10.6 Å². The Kier molecular flexibility index (Phi) is 8.81. The van der Waals surface area contributed by atoms with Crippen molar-refractivity contribution >= 4 is 6.09 Å². The molecule has 0 spiro atoms. The molecule has 0 radical (unpaired) electrons. The van der Waals surface area contributed by atoms with Crippen LogP contribution >= 0.6 is 0 Å². The molecular weight excluding hydrogens is 256 g/mol. The summed E-state index contributed by atoms with van der Waals surface area (Å²) in [7, 11) is 0. The Labute approximate surface area is 123 Å². The molecule has 0 bridgehead atoms. The van der Waals surface area contributed by atoms with Crippen LogP contribution in [0.25, 0.3) is 0 Å². The lowest BCUT2D eigenvalue weighted by molar-refractivity contribution is 0.0519. The van der Waals surface area contributed by atoms with E-state index in [0.717, 1.165) is 6.61 Å². The van der Waals surface area contributed by atoms with Gasteiger partial charge in [-0.05, 0) is 40.5 Å². The maximum absolute atomic E-state index is 11.6. The van der Waals surface area contributed by atoms with E-state index in [2.05, 4.69) is 24.5 Å². The Hall–Kier alpha value is -0.810. The van der Waals surface area contributed by atoms with E-state index in [1.165, 1.54) is 0 Å². The molecule has 0 aromatic heterocycles. The van der Waals surface area contributed by atoms with Gasteiger partial charge in [-0.25, -0.2) is 4.79 Å². The fourth-order valence-corrected chi connectivity index (χ4v) is 1.65. The molecule has 0 saturated carbocycles. The molecule has 0 rings (SSSR count). The van der Waals surface area contributed by atoms with Gasteiger partial charge in [0, 0.05) is 25.2 Å². The van der Waals surface area contributed by atoms with Crippen molar-refractivity contribution in [3.8, 4) is 0 Å². The van der Waals surface area contributed by atoms with Gasteiger partial charge in [-0.3, -0.25) is 0 Å². The summed E-state index contributed by atoms with van der Waals surface area (Å²) in [5.74, 6) is 0.477. The van der Waals surface area contributed by atoms with Crippen LogP contribution in [0.5, 0.6) is 0 Å². The first-order valence-corrected chi connectivity index (χ1v) is 7.46. The molecule has 5 heteroatoms. The second-order valence-corrected chi connectivity index (χ2v) is 6.46. The molecule has 2 unspecified atom stereocenters. The lowest BCUT2D eigenvalue weighted by atomic mass is 10.0. The van der Waals surface area contributed by atoms with Crippen molar-refractivity contribution in [3.05, 3.63) is 0 Å². The number of alkyl carbamates (subject to hydrolysis) is 1. The summed E-state index contributed by atoms with van der Waals surface area (Å²) in [5.41, 5.74) is -0.462. The first kappa shape index (κ1) is 19.2. The predicted octanol–water partition coefficient (Wildman–Crippen LogP) is 2.55. The summed E-state index contributed by atoms with van der Waals surface area (Å²) < 4.78 is 10.7. The van der Waals surface area contributed by atoms with Crippen LogP contribution in [0.2, 0.25) is 0 Å². The molecule has 0 aliphatic heterocycles. The van der Waals surface area contributed by atoms with E-state index < -0.39 is 5.60 Å². The lowest BCUT2D eigenvalue weighted by Crippen LogP contribution is -2.48. The lowest BCUT2D eigenvalue weighted by Gasteiger charge is -2.27. The van der Waals surface area contributed by atoms with Gasteiger partial charge in [0.15, 0.2) is 0 Å². The van der Waals surface area contributed by atoms with E-state index in [1.807, 2.05) is 34.6 Å². The second-order valence-electron chi connectivity index (χ2n) is 6.46.